The SMILES string of the molecule is O=C(Nc1cccc([N+](=O)[O-])c1)NC1(C(F)(F)F)Oc2ccccc2O1. The molecule has 2 N–H and O–H groups in total. The highest BCUT2D eigenvalue weighted by molar-refractivity contribution is 5.90. The van der Waals surface area contributed by atoms with E-state index in [-0.39, 0.29) is 22.9 Å². The van der Waals surface area contributed by atoms with Gasteiger partial charge in [-0.05, 0) is 18.2 Å². The van der Waals surface area contributed by atoms with E-state index in [1.54, 1.807) is 5.32 Å². The number of carbonyl (C=O) groups is 1. The normalized spacial score (nSPS) is 14.6. The molecule has 11 heteroatoms. The minimum Gasteiger partial charge on any atom is -0.424 e. The summed E-state index contributed by atoms with van der Waals surface area (Å²) in [6.07, 6.45) is -5.11. The topological polar surface area (TPSA) is 103 Å². The molecule has 8 nitrogen and oxygen atoms in total. The Balaban J connectivity index is 1.80. The van der Waals surface area contributed by atoms with Gasteiger partial charge < -0.3 is 14.8 Å². The highest BCUT2D eigenvalue weighted by atomic mass is 19.4. The number of nitro benzene ring substituents is 1. The Morgan fingerprint density at radius 1 is 1.08 bits per heavy atom. The summed E-state index contributed by atoms with van der Waals surface area (Å²) >= 11 is 0. The third-order valence-electron chi connectivity index (χ3n) is 3.32. The van der Waals surface area contributed by atoms with E-state index in [4.69, 9.17) is 9.47 Å². The Morgan fingerprint density at radius 3 is 2.23 bits per heavy atom. The van der Waals surface area contributed by atoms with E-state index >= 15 is 0 Å². The average molecular weight is 369 g/mol. The molecule has 0 radical (unpaired) electrons. The monoisotopic (exact) mass is 369 g/mol. The largest absolute Gasteiger partial charge is 0.492 e. The van der Waals surface area contributed by atoms with E-state index < -0.39 is 23.0 Å². The van der Waals surface area contributed by atoms with Gasteiger partial charge in [-0.25, -0.2) is 4.79 Å². The van der Waals surface area contributed by atoms with Crippen LogP contribution in [0.2, 0.25) is 0 Å². The van der Waals surface area contributed by atoms with Crippen LogP contribution in [0.4, 0.5) is 29.3 Å². The van der Waals surface area contributed by atoms with E-state index in [9.17, 15) is 28.1 Å². The Hall–Kier alpha value is -3.50. The van der Waals surface area contributed by atoms with Crippen LogP contribution in [-0.4, -0.2) is 23.0 Å². The lowest BCUT2D eigenvalue weighted by molar-refractivity contribution is -0.384. The molecule has 26 heavy (non-hydrogen) atoms. The summed E-state index contributed by atoms with van der Waals surface area (Å²) in [5, 5.41) is 14.4. The number of carbonyl (C=O) groups excluding carboxylic acids is 1. The Bertz CT molecular complexity index is 847. The number of anilines is 1. The molecule has 1 aliphatic rings. The number of amides is 2. The Morgan fingerprint density at radius 2 is 1.69 bits per heavy atom. The molecule has 3 rings (SSSR count). The number of hydrogen-bond acceptors (Lipinski definition) is 5. The molecule has 0 atom stereocenters. The number of hydrogen-bond donors (Lipinski definition) is 2. The fraction of sp³-hybridized carbons (Fsp3) is 0.133. The van der Waals surface area contributed by atoms with Gasteiger partial charge in [-0.3, -0.25) is 15.4 Å². The maximum atomic E-state index is 13.5. The van der Waals surface area contributed by atoms with Crippen LogP contribution in [-0.2, 0) is 0 Å². The molecular weight excluding hydrogens is 359 g/mol. The van der Waals surface area contributed by atoms with Crippen LogP contribution in [0.1, 0.15) is 0 Å². The van der Waals surface area contributed by atoms with Crippen LogP contribution < -0.4 is 20.1 Å². The van der Waals surface area contributed by atoms with Crippen LogP contribution in [0.3, 0.4) is 0 Å². The van der Waals surface area contributed by atoms with Gasteiger partial charge in [0, 0.05) is 17.8 Å². The molecule has 136 valence electrons. The van der Waals surface area contributed by atoms with Crippen molar-refractivity contribution in [2.75, 3.05) is 5.32 Å². The number of halogens is 3. The van der Waals surface area contributed by atoms with Crippen LogP contribution in [0.25, 0.3) is 0 Å². The van der Waals surface area contributed by atoms with E-state index in [1.807, 2.05) is 0 Å². The van der Waals surface area contributed by atoms with Crippen molar-refractivity contribution in [2.24, 2.45) is 0 Å². The van der Waals surface area contributed by atoms with Gasteiger partial charge in [0.05, 0.1) is 4.92 Å². The molecule has 0 saturated carbocycles. The number of para-hydroxylation sites is 2. The molecule has 0 aromatic heterocycles. The van der Waals surface area contributed by atoms with E-state index in [0.29, 0.717) is 0 Å². The molecule has 0 aliphatic carbocycles. The first-order valence-corrected chi connectivity index (χ1v) is 7.08. The molecular formula is C15H10F3N3O5. The fourth-order valence-electron chi connectivity index (χ4n) is 2.20. The summed E-state index contributed by atoms with van der Waals surface area (Å²) in [7, 11) is 0. The van der Waals surface area contributed by atoms with Gasteiger partial charge in [0.15, 0.2) is 11.5 Å². The maximum absolute atomic E-state index is 13.5. The number of fused-ring (bicyclic) bond motifs is 1. The van der Waals surface area contributed by atoms with Crippen molar-refractivity contribution in [3.05, 3.63) is 58.6 Å². The van der Waals surface area contributed by atoms with Crippen LogP contribution in [0, 0.1) is 10.1 Å². The second-order valence-electron chi connectivity index (χ2n) is 5.15. The third-order valence-corrected chi connectivity index (χ3v) is 3.32. The highest BCUT2D eigenvalue weighted by Gasteiger charge is 2.65. The molecule has 2 aromatic rings. The fourth-order valence-corrected chi connectivity index (χ4v) is 2.20. The van der Waals surface area contributed by atoms with Gasteiger partial charge in [-0.15, -0.1) is 0 Å². The third kappa shape index (κ3) is 3.18. The van der Waals surface area contributed by atoms with Gasteiger partial charge in [-0.1, -0.05) is 18.2 Å². The second-order valence-corrected chi connectivity index (χ2v) is 5.15. The van der Waals surface area contributed by atoms with Crippen molar-refractivity contribution in [3.8, 4) is 11.5 Å². The van der Waals surface area contributed by atoms with Crippen molar-refractivity contribution in [3.63, 3.8) is 0 Å². The minimum absolute atomic E-state index is 0.0791. The van der Waals surface area contributed by atoms with Gasteiger partial charge in [0.1, 0.15) is 0 Å². The number of alkyl halides is 3. The summed E-state index contributed by atoms with van der Waals surface area (Å²) in [6, 6.07) is 8.77. The summed E-state index contributed by atoms with van der Waals surface area (Å²) in [5.41, 5.74) is -0.418. The molecule has 0 fully saturated rings. The van der Waals surface area contributed by atoms with Gasteiger partial charge in [0.25, 0.3) is 5.69 Å². The Labute approximate surface area is 143 Å². The average Bonchev–Trinajstić information content (AvgIpc) is 2.94. The number of ether oxygens (including phenoxy) is 2. The quantitative estimate of drug-likeness (QED) is 0.638. The number of benzene rings is 2. The first-order chi connectivity index (χ1) is 12.2. The minimum atomic E-state index is -5.11. The smallest absolute Gasteiger partial charge is 0.424 e. The van der Waals surface area contributed by atoms with E-state index in [1.165, 1.54) is 42.5 Å². The number of nitrogens with one attached hydrogen (secondary N) is 2. The van der Waals surface area contributed by atoms with Crippen LogP contribution in [0.5, 0.6) is 11.5 Å². The number of nitro groups is 1. The number of urea groups is 1. The van der Waals surface area contributed by atoms with Crippen molar-refractivity contribution >= 4 is 17.4 Å². The second kappa shape index (κ2) is 6.10. The van der Waals surface area contributed by atoms with E-state index in [0.717, 1.165) is 6.07 Å². The highest BCUT2D eigenvalue weighted by Crippen LogP contribution is 2.44. The van der Waals surface area contributed by atoms with E-state index in [2.05, 4.69) is 5.32 Å². The lowest BCUT2D eigenvalue weighted by Crippen LogP contribution is -2.65. The molecule has 0 bridgehead atoms. The molecule has 2 amide bonds. The summed E-state index contributed by atoms with van der Waals surface area (Å²) in [6.45, 7) is 0. The van der Waals surface area contributed by atoms with Gasteiger partial charge in [0.2, 0.25) is 0 Å². The lowest BCUT2D eigenvalue weighted by Gasteiger charge is -2.29. The number of rotatable bonds is 3. The van der Waals surface area contributed by atoms with Crippen LogP contribution >= 0.6 is 0 Å². The standard InChI is InChI=1S/C15H10F3N3O5/c16-14(17,18)15(25-11-6-1-2-7-12(11)26-15)20-13(22)19-9-4-3-5-10(8-9)21(23)24/h1-8H,(H2,19,20,22). The summed E-state index contributed by atoms with van der Waals surface area (Å²) in [5.74, 6) is -3.80. The zero-order valence-corrected chi connectivity index (χ0v) is 12.7. The Kier molecular flexibility index (Phi) is 4.06. The first kappa shape index (κ1) is 17.3. The predicted molar refractivity (Wildman–Crippen MR) is 81.7 cm³/mol. The summed E-state index contributed by atoms with van der Waals surface area (Å²) < 4.78 is 50.0. The van der Waals surface area contributed by atoms with Crippen molar-refractivity contribution < 1.29 is 32.4 Å². The zero-order valence-electron chi connectivity index (χ0n) is 12.7. The zero-order chi connectivity index (χ0) is 18.9. The van der Waals surface area contributed by atoms with Crippen molar-refractivity contribution in [1.29, 1.82) is 0 Å². The van der Waals surface area contributed by atoms with Gasteiger partial charge in [-0.2, -0.15) is 13.2 Å². The molecule has 0 saturated heterocycles. The molecule has 0 unspecified atom stereocenters. The van der Waals surface area contributed by atoms with Crippen molar-refractivity contribution in [1.82, 2.24) is 5.32 Å². The maximum Gasteiger partial charge on any atom is 0.492 e. The number of non-ortho nitro benzene ring substituents is 1. The molecule has 2 aromatic carbocycles. The van der Waals surface area contributed by atoms with Gasteiger partial charge >= 0.3 is 18.1 Å². The first-order valence-electron chi connectivity index (χ1n) is 7.08. The number of nitrogens with zero attached hydrogens (tertiary/aromatic N) is 1. The van der Waals surface area contributed by atoms with Crippen LogP contribution in [0.15, 0.2) is 48.5 Å². The molecule has 1 aliphatic heterocycles. The summed E-state index contributed by atoms with van der Waals surface area (Å²) in [4.78, 5) is 22.0. The predicted octanol–water partition coefficient (Wildman–Crippen LogP) is 3.40. The lowest BCUT2D eigenvalue weighted by atomic mass is 10.3. The molecule has 0 spiro atoms. The molecule has 1 heterocycles. The van der Waals surface area contributed by atoms with Crippen molar-refractivity contribution in [2.45, 2.75) is 12.1 Å².